The molecule has 0 bridgehead atoms. The molecule has 3 N–H and O–H groups in total. The number of aldehydes is 1. The molecule has 106 valence electrons. The molecule has 0 radical (unpaired) electrons. The lowest BCUT2D eigenvalue weighted by Crippen LogP contribution is -2.42. The maximum atomic E-state index is 11.4. The molecule has 0 fully saturated rings. The Morgan fingerprint density at radius 3 is 2.50 bits per heavy atom. The molecule has 0 saturated heterocycles. The number of ether oxygens (including phenoxy) is 1. The number of carbonyl (C=O) groups is 2. The number of hydrogen-bond donors (Lipinski definition) is 3. The number of aliphatic hydroxyl groups is 3. The number of rotatable bonds is 10. The quantitative estimate of drug-likeness (QED) is 0.286. The molecule has 0 saturated carbocycles. The summed E-state index contributed by atoms with van der Waals surface area (Å²) in [7, 11) is 0. The first-order valence-electron chi connectivity index (χ1n) is 6.16. The highest BCUT2D eigenvalue weighted by Gasteiger charge is 2.28. The first kappa shape index (κ1) is 17.0. The Hall–Kier alpha value is -0.980. The summed E-state index contributed by atoms with van der Waals surface area (Å²) in [6.45, 7) is 1.34. The van der Waals surface area contributed by atoms with Gasteiger partial charge in [0.2, 0.25) is 0 Å². The van der Waals surface area contributed by atoms with Gasteiger partial charge in [0, 0.05) is 12.8 Å². The summed E-state index contributed by atoms with van der Waals surface area (Å²) in [6.07, 6.45) is -0.957. The number of carbonyl (C=O) groups excluding carboxylic acids is 2. The van der Waals surface area contributed by atoms with Gasteiger partial charge in [0.05, 0.1) is 6.61 Å². The van der Waals surface area contributed by atoms with E-state index in [9.17, 15) is 19.8 Å². The number of hydrogen-bond acceptors (Lipinski definition) is 6. The Bertz CT molecular complexity index is 243. The van der Waals surface area contributed by atoms with Crippen LogP contribution in [0.2, 0.25) is 0 Å². The molecule has 3 atom stereocenters. The SMILES string of the molecule is CCCCCC(=O)O[C@H](CC=O)[C@H](O)[C@H](O)CO. The van der Waals surface area contributed by atoms with E-state index in [2.05, 4.69) is 0 Å². The van der Waals surface area contributed by atoms with Crippen LogP contribution in [0.15, 0.2) is 0 Å². The molecule has 0 aromatic carbocycles. The van der Waals surface area contributed by atoms with Gasteiger partial charge >= 0.3 is 5.97 Å². The van der Waals surface area contributed by atoms with Crippen molar-refractivity contribution in [3.05, 3.63) is 0 Å². The molecule has 0 spiro atoms. The fraction of sp³-hybridized carbons (Fsp3) is 0.833. The van der Waals surface area contributed by atoms with Crippen LogP contribution in [0.25, 0.3) is 0 Å². The molecule has 0 rings (SSSR count). The third kappa shape index (κ3) is 6.68. The Morgan fingerprint density at radius 1 is 1.33 bits per heavy atom. The average Bonchev–Trinajstić information content (AvgIpc) is 2.36. The van der Waals surface area contributed by atoms with Gasteiger partial charge in [-0.05, 0) is 6.42 Å². The van der Waals surface area contributed by atoms with E-state index in [-0.39, 0.29) is 12.8 Å². The standard InChI is InChI=1S/C12H22O6/c1-2-3-4-5-11(16)18-10(6-7-13)12(17)9(15)8-14/h7,9-10,12,14-15,17H,2-6,8H2,1H3/t9-,10-,12-/m1/s1. The Balaban J connectivity index is 4.25. The smallest absolute Gasteiger partial charge is 0.306 e. The van der Waals surface area contributed by atoms with Crippen LogP contribution in [-0.2, 0) is 14.3 Å². The Morgan fingerprint density at radius 2 is 2.00 bits per heavy atom. The first-order chi connectivity index (χ1) is 8.56. The molecule has 0 aromatic heterocycles. The van der Waals surface area contributed by atoms with Gasteiger partial charge in [-0.25, -0.2) is 0 Å². The number of aliphatic hydroxyl groups excluding tert-OH is 3. The molecule has 0 aromatic rings. The highest BCUT2D eigenvalue weighted by atomic mass is 16.6. The molecular weight excluding hydrogens is 240 g/mol. The van der Waals surface area contributed by atoms with E-state index in [0.717, 1.165) is 12.8 Å². The Kier molecular flexibility index (Phi) is 9.45. The van der Waals surface area contributed by atoms with Gasteiger partial charge < -0.3 is 24.9 Å². The van der Waals surface area contributed by atoms with Gasteiger partial charge in [-0.3, -0.25) is 4.79 Å². The van der Waals surface area contributed by atoms with Gasteiger partial charge in [-0.1, -0.05) is 19.8 Å². The molecule has 0 aliphatic carbocycles. The third-order valence-electron chi connectivity index (χ3n) is 2.56. The third-order valence-corrected chi connectivity index (χ3v) is 2.56. The van der Waals surface area contributed by atoms with E-state index < -0.39 is 30.9 Å². The van der Waals surface area contributed by atoms with Crippen molar-refractivity contribution in [3.63, 3.8) is 0 Å². The van der Waals surface area contributed by atoms with E-state index in [1.807, 2.05) is 6.92 Å². The van der Waals surface area contributed by atoms with Crippen LogP contribution in [-0.4, -0.2) is 52.5 Å². The van der Waals surface area contributed by atoms with Gasteiger partial charge in [-0.2, -0.15) is 0 Å². The lowest BCUT2D eigenvalue weighted by atomic mass is 10.1. The highest BCUT2D eigenvalue weighted by molar-refractivity contribution is 5.69. The van der Waals surface area contributed by atoms with Gasteiger partial charge in [0.15, 0.2) is 0 Å². The fourth-order valence-electron chi connectivity index (χ4n) is 1.45. The summed E-state index contributed by atoms with van der Waals surface area (Å²) in [6, 6.07) is 0. The normalized spacial score (nSPS) is 15.8. The second kappa shape index (κ2) is 9.99. The second-order valence-corrected chi connectivity index (χ2v) is 4.13. The predicted octanol–water partition coefficient (Wildman–Crippen LogP) is -0.218. The van der Waals surface area contributed by atoms with Crippen LogP contribution in [0, 0.1) is 0 Å². The topological polar surface area (TPSA) is 104 Å². The molecule has 0 amide bonds. The van der Waals surface area contributed by atoms with Crippen LogP contribution in [0.5, 0.6) is 0 Å². The maximum absolute atomic E-state index is 11.4. The molecule has 0 aliphatic rings. The minimum absolute atomic E-state index is 0.211. The van der Waals surface area contributed by atoms with E-state index in [1.165, 1.54) is 0 Å². The second-order valence-electron chi connectivity index (χ2n) is 4.13. The van der Waals surface area contributed by atoms with Crippen molar-refractivity contribution in [2.45, 2.75) is 57.3 Å². The molecular formula is C12H22O6. The van der Waals surface area contributed by atoms with Crippen molar-refractivity contribution >= 4 is 12.3 Å². The zero-order valence-electron chi connectivity index (χ0n) is 10.6. The largest absolute Gasteiger partial charge is 0.459 e. The highest BCUT2D eigenvalue weighted by Crippen LogP contribution is 2.10. The van der Waals surface area contributed by atoms with Crippen molar-refractivity contribution < 1.29 is 29.6 Å². The minimum Gasteiger partial charge on any atom is -0.459 e. The molecule has 6 nitrogen and oxygen atoms in total. The van der Waals surface area contributed by atoms with Crippen molar-refractivity contribution in [2.75, 3.05) is 6.61 Å². The summed E-state index contributed by atoms with van der Waals surface area (Å²) in [5.74, 6) is -0.514. The maximum Gasteiger partial charge on any atom is 0.306 e. The number of unbranched alkanes of at least 4 members (excludes halogenated alkanes) is 2. The van der Waals surface area contributed by atoms with Gasteiger partial charge in [0.25, 0.3) is 0 Å². The molecule has 0 aliphatic heterocycles. The molecule has 0 unspecified atom stereocenters. The molecule has 18 heavy (non-hydrogen) atoms. The van der Waals surface area contributed by atoms with E-state index >= 15 is 0 Å². The lowest BCUT2D eigenvalue weighted by molar-refractivity contribution is -0.162. The van der Waals surface area contributed by atoms with Crippen LogP contribution < -0.4 is 0 Å². The van der Waals surface area contributed by atoms with Crippen LogP contribution in [0.3, 0.4) is 0 Å². The molecule has 0 heterocycles. The molecule has 6 heteroatoms. The lowest BCUT2D eigenvalue weighted by Gasteiger charge is -2.24. The van der Waals surface area contributed by atoms with E-state index in [4.69, 9.17) is 9.84 Å². The van der Waals surface area contributed by atoms with Gasteiger partial charge in [-0.15, -0.1) is 0 Å². The summed E-state index contributed by atoms with van der Waals surface area (Å²) in [5.41, 5.74) is 0. The summed E-state index contributed by atoms with van der Waals surface area (Å²) in [4.78, 5) is 21.9. The number of esters is 1. The fourth-order valence-corrected chi connectivity index (χ4v) is 1.45. The average molecular weight is 262 g/mol. The van der Waals surface area contributed by atoms with Crippen molar-refractivity contribution in [1.29, 1.82) is 0 Å². The van der Waals surface area contributed by atoms with Crippen LogP contribution >= 0.6 is 0 Å². The predicted molar refractivity (Wildman–Crippen MR) is 63.8 cm³/mol. The van der Waals surface area contributed by atoms with E-state index in [1.54, 1.807) is 0 Å². The van der Waals surface area contributed by atoms with Crippen LogP contribution in [0.4, 0.5) is 0 Å². The van der Waals surface area contributed by atoms with Crippen molar-refractivity contribution in [2.24, 2.45) is 0 Å². The summed E-state index contributed by atoms with van der Waals surface area (Å²) >= 11 is 0. The zero-order chi connectivity index (χ0) is 14.0. The Labute approximate surface area is 107 Å². The zero-order valence-corrected chi connectivity index (χ0v) is 10.6. The van der Waals surface area contributed by atoms with Crippen molar-refractivity contribution in [1.82, 2.24) is 0 Å². The van der Waals surface area contributed by atoms with Gasteiger partial charge in [0.1, 0.15) is 24.6 Å². The minimum atomic E-state index is -1.46. The van der Waals surface area contributed by atoms with Crippen LogP contribution in [0.1, 0.15) is 39.0 Å². The van der Waals surface area contributed by atoms with E-state index in [0.29, 0.717) is 12.7 Å². The summed E-state index contributed by atoms with van der Waals surface area (Å²) in [5, 5.41) is 27.5. The van der Waals surface area contributed by atoms with Crippen molar-refractivity contribution in [3.8, 4) is 0 Å². The summed E-state index contributed by atoms with van der Waals surface area (Å²) < 4.78 is 4.93. The monoisotopic (exact) mass is 262 g/mol. The first-order valence-corrected chi connectivity index (χ1v) is 6.16.